The molecule has 1 heterocycles. The normalized spacial score (nSPS) is 17.3. The molecule has 0 aromatic heterocycles. The highest BCUT2D eigenvalue weighted by Gasteiger charge is 2.40. The first-order valence-electron chi connectivity index (χ1n) is 20.2. The summed E-state index contributed by atoms with van der Waals surface area (Å²) >= 11 is 0. The first kappa shape index (κ1) is 52.6. The second-order valence-corrected chi connectivity index (χ2v) is 16.3. The Morgan fingerprint density at radius 1 is 0.633 bits per heavy atom. The molecule has 0 aromatic rings. The molecule has 0 unspecified atom stereocenters. The van der Waals surface area contributed by atoms with Gasteiger partial charge in [0, 0.05) is 19.4 Å². The average molecular weight is 855 g/mol. The van der Waals surface area contributed by atoms with E-state index in [4.69, 9.17) is 17.2 Å². The molecule has 340 valence electrons. The van der Waals surface area contributed by atoms with Crippen molar-refractivity contribution in [3.63, 3.8) is 0 Å². The van der Waals surface area contributed by atoms with E-state index in [2.05, 4.69) is 31.9 Å². The Labute approximate surface area is 350 Å². The van der Waals surface area contributed by atoms with Crippen LogP contribution in [-0.4, -0.2) is 136 Å². The zero-order valence-corrected chi connectivity index (χ0v) is 35.6. The van der Waals surface area contributed by atoms with Crippen LogP contribution in [0, 0.1) is 17.8 Å². The smallest absolute Gasteiger partial charge is 0.326 e. The number of nitrogens with one attached hydrogen (secondary N) is 6. The highest BCUT2D eigenvalue weighted by Crippen LogP contribution is 2.20. The molecule has 0 bridgehead atoms. The fourth-order valence-corrected chi connectivity index (χ4v) is 6.38. The molecule has 0 radical (unpaired) electrons. The molecule has 0 aliphatic carbocycles. The number of hydrogen-bond donors (Lipinski definition) is 11. The summed E-state index contributed by atoms with van der Waals surface area (Å²) in [7, 11) is 0. The van der Waals surface area contributed by atoms with Crippen LogP contribution in [0.5, 0.6) is 0 Å². The Morgan fingerprint density at radius 2 is 1.13 bits per heavy atom. The summed E-state index contributed by atoms with van der Waals surface area (Å²) in [5.74, 6) is -9.09. The predicted molar refractivity (Wildman–Crippen MR) is 215 cm³/mol. The van der Waals surface area contributed by atoms with Crippen molar-refractivity contribution in [3.8, 4) is 0 Å². The Bertz CT molecular complexity index is 1560. The van der Waals surface area contributed by atoms with Crippen LogP contribution >= 0.6 is 0 Å². The largest absolute Gasteiger partial charge is 0.480 e. The number of carboxylic acid groups (broad SMARTS) is 1. The monoisotopic (exact) mass is 854 g/mol. The van der Waals surface area contributed by atoms with Gasteiger partial charge in [-0.1, -0.05) is 41.5 Å². The minimum absolute atomic E-state index is 0.0266. The third-order valence-corrected chi connectivity index (χ3v) is 9.64. The number of carboxylic acids is 1. The molecule has 14 N–H and O–H groups in total. The Balaban J connectivity index is 3.19. The lowest BCUT2D eigenvalue weighted by atomic mass is 10.00. The van der Waals surface area contributed by atoms with Crippen molar-refractivity contribution in [1.82, 2.24) is 36.8 Å². The number of aliphatic hydroxyl groups is 1. The number of rotatable bonds is 26. The fraction of sp³-hybridized carbons (Fsp3) is 0.737. The second kappa shape index (κ2) is 25.3. The molecule has 0 aromatic carbocycles. The van der Waals surface area contributed by atoms with E-state index in [0.717, 1.165) is 0 Å². The maximum absolute atomic E-state index is 14.0. The molecular formula is C38H66N10O12. The first-order valence-corrected chi connectivity index (χ1v) is 20.2. The number of aliphatic hydroxyl groups excluding tert-OH is 1. The maximum atomic E-state index is 14.0. The fourth-order valence-electron chi connectivity index (χ4n) is 6.38. The molecule has 22 nitrogen and oxygen atoms in total. The van der Waals surface area contributed by atoms with Gasteiger partial charge >= 0.3 is 5.97 Å². The Hall–Kier alpha value is -5.38. The van der Waals surface area contributed by atoms with Crippen molar-refractivity contribution >= 4 is 59.1 Å². The van der Waals surface area contributed by atoms with E-state index in [-0.39, 0.29) is 56.9 Å². The molecule has 60 heavy (non-hydrogen) atoms. The Morgan fingerprint density at radius 3 is 1.63 bits per heavy atom. The van der Waals surface area contributed by atoms with Crippen molar-refractivity contribution in [3.05, 3.63) is 0 Å². The lowest BCUT2D eigenvalue weighted by molar-refractivity contribution is -0.144. The molecule has 1 saturated heterocycles. The lowest BCUT2D eigenvalue weighted by Crippen LogP contribution is -2.61. The van der Waals surface area contributed by atoms with Crippen molar-refractivity contribution < 1.29 is 58.2 Å². The van der Waals surface area contributed by atoms with Gasteiger partial charge < -0.3 is 64.2 Å². The number of likely N-dealkylation sites (tertiary alicyclic amines) is 1. The Kier molecular flexibility index (Phi) is 22.2. The number of nitrogens with two attached hydrogens (primary N) is 3. The number of aliphatic carboxylic acids is 1. The summed E-state index contributed by atoms with van der Waals surface area (Å²) in [5, 5.41) is 34.3. The summed E-state index contributed by atoms with van der Waals surface area (Å²) in [5.41, 5.74) is 16.4. The lowest BCUT2D eigenvalue weighted by Gasteiger charge is -2.31. The predicted octanol–water partition coefficient (Wildman–Crippen LogP) is -3.41. The standard InChI is InChI=1S/C38H66N10O12/c1-18(2)15-22(39)32(53)47-30(20(5)6)36(57)46-26(17-49)34(55)45-25(16-19(3)4)33(54)43-23(10-12-28(40)50)37(58)48-14-8-9-27(48)35(56)42-21(7)31(52)44-24(38(59)60)11-13-29(41)51/h18-27,30,49H,8-17,39H2,1-7H3,(H2,40,50)(H2,41,51)(H,42,56)(H,43,54)(H,44,52)(H,45,55)(H,46,57)(H,47,53)(H,59,60)/t21-,22-,23-,24-,25-,26-,27-,30-/m0/s1. The highest BCUT2D eigenvalue weighted by molar-refractivity contribution is 5.98. The minimum atomic E-state index is -1.56. The summed E-state index contributed by atoms with van der Waals surface area (Å²) in [6.07, 6.45) is -0.337. The third kappa shape index (κ3) is 17.9. The maximum Gasteiger partial charge on any atom is 0.326 e. The summed E-state index contributed by atoms with van der Waals surface area (Å²) in [6, 6.07) is -10.2. The van der Waals surface area contributed by atoms with Gasteiger partial charge in [-0.25, -0.2) is 4.79 Å². The molecule has 9 amide bonds. The van der Waals surface area contributed by atoms with Crippen LogP contribution in [0.3, 0.4) is 0 Å². The van der Waals surface area contributed by atoms with E-state index in [1.807, 2.05) is 13.8 Å². The van der Waals surface area contributed by atoms with E-state index in [1.54, 1.807) is 27.7 Å². The SMILES string of the molecule is CC(C)C[C@H](NC(=O)[C@H](CO)NC(=O)[C@@H](NC(=O)[C@@H](N)CC(C)C)C(C)C)C(=O)N[C@@H](CCC(N)=O)C(=O)N1CCC[C@H]1C(=O)N[C@@H](C)C(=O)N[C@@H](CCC(N)=O)C(=O)O. The van der Waals surface area contributed by atoms with E-state index in [9.17, 15) is 58.2 Å². The minimum Gasteiger partial charge on any atom is -0.480 e. The molecule has 22 heteroatoms. The summed E-state index contributed by atoms with van der Waals surface area (Å²) in [4.78, 5) is 129. The van der Waals surface area contributed by atoms with Crippen molar-refractivity contribution in [1.29, 1.82) is 0 Å². The van der Waals surface area contributed by atoms with Gasteiger partial charge in [-0.3, -0.25) is 43.2 Å². The average Bonchev–Trinajstić information content (AvgIpc) is 3.64. The van der Waals surface area contributed by atoms with Gasteiger partial charge in [-0.2, -0.15) is 0 Å². The molecule has 0 saturated carbocycles. The number of primary amides is 2. The van der Waals surface area contributed by atoms with Gasteiger partial charge in [0.25, 0.3) is 0 Å². The van der Waals surface area contributed by atoms with Crippen LogP contribution in [0.1, 0.15) is 99.8 Å². The molecular weight excluding hydrogens is 788 g/mol. The molecule has 8 atom stereocenters. The van der Waals surface area contributed by atoms with Crippen LogP contribution in [0.25, 0.3) is 0 Å². The van der Waals surface area contributed by atoms with Crippen molar-refractivity contribution in [2.45, 2.75) is 148 Å². The first-order chi connectivity index (χ1) is 27.9. The number of amides is 9. The van der Waals surface area contributed by atoms with Gasteiger partial charge in [-0.15, -0.1) is 0 Å². The molecule has 1 rings (SSSR count). The molecule has 1 aliphatic heterocycles. The van der Waals surface area contributed by atoms with Crippen LogP contribution in [0.15, 0.2) is 0 Å². The zero-order valence-electron chi connectivity index (χ0n) is 35.6. The van der Waals surface area contributed by atoms with Gasteiger partial charge in [0.2, 0.25) is 53.2 Å². The van der Waals surface area contributed by atoms with Crippen molar-refractivity contribution in [2.24, 2.45) is 35.0 Å². The van der Waals surface area contributed by atoms with Crippen molar-refractivity contribution in [2.75, 3.05) is 13.2 Å². The van der Waals surface area contributed by atoms with E-state index in [1.165, 1.54) is 11.8 Å². The van der Waals surface area contributed by atoms with E-state index >= 15 is 0 Å². The summed E-state index contributed by atoms with van der Waals surface area (Å²) < 4.78 is 0. The number of hydrogen-bond acceptors (Lipinski definition) is 12. The van der Waals surface area contributed by atoms with Crippen LogP contribution < -0.4 is 49.1 Å². The van der Waals surface area contributed by atoms with Crippen LogP contribution in [0.2, 0.25) is 0 Å². The quantitative estimate of drug-likeness (QED) is 0.0405. The van der Waals surface area contributed by atoms with Gasteiger partial charge in [-0.05, 0) is 63.2 Å². The number of carbonyl (C=O) groups is 10. The molecule has 0 spiro atoms. The number of nitrogens with zero attached hydrogens (tertiary/aromatic N) is 1. The van der Waals surface area contributed by atoms with E-state index in [0.29, 0.717) is 12.8 Å². The second-order valence-electron chi connectivity index (χ2n) is 16.3. The van der Waals surface area contributed by atoms with Gasteiger partial charge in [0.05, 0.1) is 12.6 Å². The van der Waals surface area contributed by atoms with Gasteiger partial charge in [0.15, 0.2) is 0 Å². The van der Waals surface area contributed by atoms with Crippen LogP contribution in [-0.2, 0) is 47.9 Å². The highest BCUT2D eigenvalue weighted by atomic mass is 16.4. The number of carbonyl (C=O) groups excluding carboxylic acids is 9. The summed E-state index contributed by atoms with van der Waals surface area (Å²) in [6.45, 7) is 11.1. The van der Waals surface area contributed by atoms with Crippen LogP contribution in [0.4, 0.5) is 0 Å². The third-order valence-electron chi connectivity index (χ3n) is 9.64. The zero-order chi connectivity index (χ0) is 46.0. The molecule has 1 aliphatic rings. The van der Waals surface area contributed by atoms with Gasteiger partial charge in [0.1, 0.15) is 42.3 Å². The van der Waals surface area contributed by atoms with E-state index < -0.39 is 120 Å². The topological polar surface area (TPSA) is 365 Å². The molecule has 1 fully saturated rings.